The second-order valence-electron chi connectivity index (χ2n) is 7.66. The third-order valence-corrected chi connectivity index (χ3v) is 10.0. The molecule has 0 aliphatic heterocycles. The van der Waals surface area contributed by atoms with Crippen molar-refractivity contribution in [1.82, 2.24) is 0 Å². The number of carbonyl (C=O) groups excluding carboxylic acids is 1. The van der Waals surface area contributed by atoms with Crippen LogP contribution in [0.15, 0.2) is 91.0 Å². The van der Waals surface area contributed by atoms with Crippen LogP contribution in [0, 0.1) is 0 Å². The van der Waals surface area contributed by atoms with Crippen molar-refractivity contribution in [3.8, 4) is 0 Å². The highest BCUT2D eigenvalue weighted by Crippen LogP contribution is 2.47. The first-order valence-corrected chi connectivity index (χ1v) is 13.1. The van der Waals surface area contributed by atoms with E-state index in [0.29, 0.717) is 6.61 Å². The highest BCUT2D eigenvalue weighted by Gasteiger charge is 2.33. The molecule has 0 atom stereocenters. The van der Waals surface area contributed by atoms with Gasteiger partial charge < -0.3 is 4.74 Å². The molecule has 0 amide bonds. The van der Waals surface area contributed by atoms with Gasteiger partial charge in [0.25, 0.3) is 0 Å². The third-order valence-electron chi connectivity index (χ3n) is 5.61. The predicted molar refractivity (Wildman–Crippen MR) is 136 cm³/mol. The molecule has 3 rings (SSSR count). The van der Waals surface area contributed by atoms with E-state index in [1.165, 1.54) is 28.8 Å². The minimum Gasteiger partial charge on any atom is -0.463 e. The van der Waals surface area contributed by atoms with Gasteiger partial charge in [-0.25, -0.2) is 4.79 Å². The normalized spacial score (nSPS) is 11.2. The molecule has 0 heterocycles. The fraction of sp³-hybridized carbons (Fsp3) is 0.286. The molecule has 0 aromatic heterocycles. The Morgan fingerprint density at radius 2 is 1.13 bits per heavy atom. The molecule has 0 fully saturated rings. The number of unbranched alkanes of at least 4 members (excludes halogenated alkanes) is 3. The fourth-order valence-corrected chi connectivity index (χ4v) is 8.73. The molecule has 3 heteroatoms. The van der Waals surface area contributed by atoms with Crippen molar-refractivity contribution in [2.45, 2.75) is 46.0 Å². The van der Waals surface area contributed by atoms with E-state index in [1.54, 1.807) is 0 Å². The van der Waals surface area contributed by atoms with Crippen LogP contribution in [-0.4, -0.2) is 17.9 Å². The van der Waals surface area contributed by atoms with Gasteiger partial charge in [0.1, 0.15) is 0 Å². The second kappa shape index (κ2) is 11.7. The number of hydrogen-bond acceptors (Lipinski definition) is 2. The number of carbonyl (C=O) groups is 1. The highest BCUT2D eigenvalue weighted by molar-refractivity contribution is 7.96. The summed E-state index contributed by atoms with van der Waals surface area (Å²) in [5.41, 5.74) is 0. The van der Waals surface area contributed by atoms with Gasteiger partial charge in [0, 0.05) is 5.29 Å². The minimum absolute atomic E-state index is 0.149. The Labute approximate surface area is 187 Å². The summed E-state index contributed by atoms with van der Waals surface area (Å²) in [4.78, 5) is 13.5. The summed E-state index contributed by atoms with van der Waals surface area (Å²) in [6.07, 6.45) is 5.23. The molecule has 2 nitrogen and oxygen atoms in total. The van der Waals surface area contributed by atoms with Gasteiger partial charge >= 0.3 is 5.97 Å². The summed E-state index contributed by atoms with van der Waals surface area (Å²) in [5, 5.41) is 4.52. The Bertz CT molecular complexity index is 892. The first-order valence-electron chi connectivity index (χ1n) is 11.3. The number of ether oxygens (including phenoxy) is 1. The standard InChI is InChI=1S/C28H33O2P/c1-3-5-6-16-23-27(28(29)30-4-2)31(24-17-10-7-11-18-24,25-19-12-8-13-20-25)26-21-14-9-15-22-26/h7-15,17-22H,3-6,16,23H2,1-2H3. The summed E-state index contributed by atoms with van der Waals surface area (Å²) in [6.45, 7) is 2.13. The Morgan fingerprint density at radius 3 is 1.52 bits per heavy atom. The summed E-state index contributed by atoms with van der Waals surface area (Å²) < 4.78 is 5.68. The summed E-state index contributed by atoms with van der Waals surface area (Å²) >= 11 is 0. The molecule has 0 aliphatic rings. The van der Waals surface area contributed by atoms with Crippen LogP contribution in [0.2, 0.25) is 0 Å². The molecule has 3 aromatic rings. The second-order valence-corrected chi connectivity index (χ2v) is 11.1. The summed E-state index contributed by atoms with van der Waals surface area (Å²) in [6, 6.07) is 31.7. The highest BCUT2D eigenvalue weighted by atomic mass is 31.2. The van der Waals surface area contributed by atoms with E-state index >= 15 is 0 Å². The molecule has 0 unspecified atom stereocenters. The van der Waals surface area contributed by atoms with Crippen molar-refractivity contribution < 1.29 is 9.53 Å². The van der Waals surface area contributed by atoms with Gasteiger partial charge in [0.2, 0.25) is 0 Å². The fourth-order valence-electron chi connectivity index (χ4n) is 4.21. The largest absolute Gasteiger partial charge is 0.463 e. The van der Waals surface area contributed by atoms with Crippen LogP contribution in [0.1, 0.15) is 46.0 Å². The van der Waals surface area contributed by atoms with Gasteiger partial charge in [-0.1, -0.05) is 117 Å². The average molecular weight is 433 g/mol. The maximum Gasteiger partial charge on any atom is 0.335 e. The van der Waals surface area contributed by atoms with Gasteiger partial charge in [0.15, 0.2) is 0 Å². The molecule has 0 saturated carbocycles. The van der Waals surface area contributed by atoms with Crippen molar-refractivity contribution in [2.24, 2.45) is 0 Å². The molecule has 0 N–H and O–H groups in total. The lowest BCUT2D eigenvalue weighted by Crippen LogP contribution is -2.34. The predicted octanol–water partition coefficient (Wildman–Crippen LogP) is 5.69. The average Bonchev–Trinajstić information content (AvgIpc) is 2.83. The smallest absolute Gasteiger partial charge is 0.335 e. The maximum atomic E-state index is 13.5. The van der Waals surface area contributed by atoms with Crippen molar-refractivity contribution >= 4 is 34.1 Å². The van der Waals surface area contributed by atoms with Crippen molar-refractivity contribution in [3.05, 3.63) is 91.0 Å². The Balaban J connectivity index is 2.41. The molecule has 3 aromatic carbocycles. The lowest BCUT2D eigenvalue weighted by Gasteiger charge is -2.32. The number of benzene rings is 3. The molecule has 31 heavy (non-hydrogen) atoms. The van der Waals surface area contributed by atoms with Crippen LogP contribution in [0.4, 0.5) is 0 Å². The van der Waals surface area contributed by atoms with Crippen molar-refractivity contribution in [3.63, 3.8) is 0 Å². The van der Waals surface area contributed by atoms with E-state index in [2.05, 4.69) is 79.7 Å². The lowest BCUT2D eigenvalue weighted by atomic mass is 10.1. The molecule has 0 aliphatic carbocycles. The zero-order valence-corrected chi connectivity index (χ0v) is 19.6. The van der Waals surface area contributed by atoms with E-state index < -0.39 is 6.89 Å². The van der Waals surface area contributed by atoms with Crippen LogP contribution < -0.4 is 15.9 Å². The quantitative estimate of drug-likeness (QED) is 0.234. The molecule has 0 bridgehead atoms. The zero-order valence-electron chi connectivity index (χ0n) is 18.7. The molecule has 0 radical (unpaired) electrons. The van der Waals surface area contributed by atoms with E-state index in [1.807, 2.05) is 25.1 Å². The van der Waals surface area contributed by atoms with Crippen LogP contribution in [0.25, 0.3) is 0 Å². The molecule has 162 valence electrons. The van der Waals surface area contributed by atoms with Crippen LogP contribution in [-0.2, 0) is 9.53 Å². The first kappa shape index (κ1) is 23.1. The number of rotatable bonds is 10. The lowest BCUT2D eigenvalue weighted by molar-refractivity contribution is -0.134. The summed E-state index contributed by atoms with van der Waals surface area (Å²) in [7, 11) is 0. The monoisotopic (exact) mass is 432 g/mol. The van der Waals surface area contributed by atoms with Gasteiger partial charge in [0.05, 0.1) is 6.61 Å². The number of esters is 1. The molecule has 0 spiro atoms. The Morgan fingerprint density at radius 1 is 0.677 bits per heavy atom. The van der Waals surface area contributed by atoms with Gasteiger partial charge in [-0.3, -0.25) is 0 Å². The SMILES string of the molecule is CCCCCCC(C(=O)OCC)=P(c1ccccc1)(c1ccccc1)c1ccccc1. The molecular formula is C28H33O2P. The van der Waals surface area contributed by atoms with Gasteiger partial charge in [-0.2, -0.15) is 0 Å². The van der Waals surface area contributed by atoms with E-state index in [0.717, 1.165) is 24.6 Å². The summed E-state index contributed by atoms with van der Waals surface area (Å²) in [5.74, 6) is -0.149. The van der Waals surface area contributed by atoms with E-state index in [4.69, 9.17) is 4.74 Å². The van der Waals surface area contributed by atoms with Crippen molar-refractivity contribution in [2.75, 3.05) is 6.61 Å². The minimum atomic E-state index is -2.36. The Hall–Kier alpha value is -2.57. The van der Waals surface area contributed by atoms with Gasteiger partial charge in [-0.05, 0) is 42.6 Å². The Kier molecular flexibility index (Phi) is 8.74. The number of hydrogen-bond donors (Lipinski definition) is 0. The van der Waals surface area contributed by atoms with E-state index in [9.17, 15) is 4.79 Å². The van der Waals surface area contributed by atoms with Crippen LogP contribution in [0.5, 0.6) is 0 Å². The van der Waals surface area contributed by atoms with Gasteiger partial charge in [-0.15, -0.1) is 0 Å². The van der Waals surface area contributed by atoms with Crippen LogP contribution in [0.3, 0.4) is 0 Å². The maximum absolute atomic E-state index is 13.5. The molecule has 0 saturated heterocycles. The van der Waals surface area contributed by atoms with Crippen LogP contribution >= 0.6 is 6.89 Å². The molecular weight excluding hydrogens is 399 g/mol. The topological polar surface area (TPSA) is 26.3 Å². The third kappa shape index (κ3) is 5.20. The van der Waals surface area contributed by atoms with Crippen molar-refractivity contribution in [1.29, 1.82) is 0 Å². The first-order chi connectivity index (χ1) is 15.2. The van der Waals surface area contributed by atoms with E-state index in [-0.39, 0.29) is 5.97 Å². The zero-order chi connectivity index (χ0) is 21.9.